The summed E-state index contributed by atoms with van der Waals surface area (Å²) in [5, 5.41) is 0. The van der Waals surface area contributed by atoms with Gasteiger partial charge in [-0.1, -0.05) is 333 Å². The quantitative estimate of drug-likeness (QED) is 0.0261. The Kier molecular flexibility index (Phi) is 62.1. The Morgan fingerprint density at radius 3 is 0.813 bits per heavy atom. The van der Waals surface area contributed by atoms with E-state index in [0.717, 1.165) is 83.5 Å². The molecule has 1 atom stereocenters. The fraction of sp³-hybridized carbons (Fsp3) is 0.870. The number of hydrogen-bond donors (Lipinski definition) is 0. The van der Waals surface area contributed by atoms with Gasteiger partial charge < -0.3 is 14.2 Å². The van der Waals surface area contributed by atoms with Crippen LogP contribution in [0.15, 0.2) is 36.5 Å². The Morgan fingerprint density at radius 1 is 0.280 bits per heavy atom. The molecule has 0 bridgehead atoms. The van der Waals surface area contributed by atoms with Gasteiger partial charge in [-0.25, -0.2) is 0 Å². The molecule has 0 spiro atoms. The lowest BCUT2D eigenvalue weighted by molar-refractivity contribution is -0.167. The first-order valence-electron chi connectivity index (χ1n) is 33.5. The van der Waals surface area contributed by atoms with Crippen LogP contribution < -0.4 is 0 Å². The van der Waals surface area contributed by atoms with Crippen LogP contribution in [0.5, 0.6) is 0 Å². The van der Waals surface area contributed by atoms with Crippen LogP contribution in [0, 0.1) is 0 Å². The minimum Gasteiger partial charge on any atom is -0.462 e. The van der Waals surface area contributed by atoms with Gasteiger partial charge in [0.1, 0.15) is 13.2 Å². The molecule has 0 saturated heterocycles. The molecule has 75 heavy (non-hydrogen) atoms. The van der Waals surface area contributed by atoms with Crippen LogP contribution in [-0.2, 0) is 28.6 Å². The summed E-state index contributed by atoms with van der Waals surface area (Å²) >= 11 is 0. The molecule has 0 amide bonds. The maximum Gasteiger partial charge on any atom is 0.306 e. The molecular formula is C69H128O6. The number of rotatable bonds is 62. The third-order valence-corrected chi connectivity index (χ3v) is 15.2. The van der Waals surface area contributed by atoms with E-state index in [9.17, 15) is 14.4 Å². The van der Waals surface area contributed by atoms with E-state index in [2.05, 4.69) is 57.2 Å². The van der Waals surface area contributed by atoms with Crippen molar-refractivity contribution in [2.75, 3.05) is 13.2 Å². The van der Waals surface area contributed by atoms with Crippen molar-refractivity contribution in [2.24, 2.45) is 0 Å². The Bertz CT molecular complexity index is 1250. The van der Waals surface area contributed by atoms with Gasteiger partial charge >= 0.3 is 17.9 Å². The van der Waals surface area contributed by atoms with Crippen molar-refractivity contribution < 1.29 is 28.6 Å². The summed E-state index contributed by atoms with van der Waals surface area (Å²) in [5.41, 5.74) is 0. The average molecular weight is 1050 g/mol. The first kappa shape index (κ1) is 72.6. The SMILES string of the molecule is CC/C=C\C/C=C\C/C=C\CCCCCCCCCC(=O)OC(COC(=O)CCCCCCCC)COC(=O)CCCCCCCCCCCCCCCCCCCCCCCCCCCCCCCCCCCC. The lowest BCUT2D eigenvalue weighted by Crippen LogP contribution is -2.30. The van der Waals surface area contributed by atoms with Gasteiger partial charge in [0.05, 0.1) is 0 Å². The van der Waals surface area contributed by atoms with Gasteiger partial charge in [-0.05, 0) is 51.4 Å². The van der Waals surface area contributed by atoms with Crippen LogP contribution in [-0.4, -0.2) is 37.2 Å². The van der Waals surface area contributed by atoms with Gasteiger partial charge in [0, 0.05) is 19.3 Å². The largest absolute Gasteiger partial charge is 0.462 e. The summed E-state index contributed by atoms with van der Waals surface area (Å²) in [5.74, 6) is -0.873. The molecule has 6 heteroatoms. The van der Waals surface area contributed by atoms with Crippen molar-refractivity contribution in [1.29, 1.82) is 0 Å². The number of esters is 3. The highest BCUT2D eigenvalue weighted by Crippen LogP contribution is 2.19. The number of allylic oxidation sites excluding steroid dienone is 6. The van der Waals surface area contributed by atoms with Crippen LogP contribution in [0.25, 0.3) is 0 Å². The molecule has 0 rings (SSSR count). The van der Waals surface area contributed by atoms with Crippen molar-refractivity contribution in [1.82, 2.24) is 0 Å². The summed E-state index contributed by atoms with van der Waals surface area (Å²) in [6.45, 7) is 6.51. The highest BCUT2D eigenvalue weighted by Gasteiger charge is 2.19. The van der Waals surface area contributed by atoms with Gasteiger partial charge in [0.15, 0.2) is 6.10 Å². The number of ether oxygens (including phenoxy) is 3. The van der Waals surface area contributed by atoms with Crippen LogP contribution >= 0.6 is 0 Å². The highest BCUT2D eigenvalue weighted by atomic mass is 16.6. The minimum absolute atomic E-state index is 0.0723. The van der Waals surface area contributed by atoms with Gasteiger partial charge in [0.2, 0.25) is 0 Å². The standard InChI is InChI=1S/C69H128O6/c1-4-7-10-13-16-18-20-22-24-26-27-28-29-30-31-32-33-34-35-36-37-38-39-40-41-42-44-45-47-49-51-53-56-59-62-68(71)74-65-66(64-73-67(70)61-58-55-15-12-9-6-3)75-69(72)63-60-57-54-52-50-48-46-43-25-23-21-19-17-14-11-8-5-2/h8,11,17,19,23,25,66H,4-7,9-10,12-16,18,20-22,24,26-65H2,1-3H3/b11-8-,19-17-,25-23-. The van der Waals surface area contributed by atoms with Crippen LogP contribution in [0.2, 0.25) is 0 Å². The minimum atomic E-state index is -0.772. The summed E-state index contributed by atoms with van der Waals surface area (Å²) in [6.07, 6.45) is 79.4. The topological polar surface area (TPSA) is 78.9 Å². The van der Waals surface area contributed by atoms with E-state index in [1.165, 1.54) is 244 Å². The van der Waals surface area contributed by atoms with Crippen molar-refractivity contribution in [2.45, 2.75) is 374 Å². The van der Waals surface area contributed by atoms with Gasteiger partial charge in [-0.3, -0.25) is 14.4 Å². The van der Waals surface area contributed by atoms with Crippen LogP contribution in [0.1, 0.15) is 367 Å². The molecule has 0 saturated carbocycles. The van der Waals surface area contributed by atoms with E-state index in [1.54, 1.807) is 0 Å². The molecule has 440 valence electrons. The van der Waals surface area contributed by atoms with Crippen molar-refractivity contribution >= 4 is 17.9 Å². The molecule has 0 aliphatic carbocycles. The normalized spacial score (nSPS) is 12.2. The summed E-state index contributed by atoms with van der Waals surface area (Å²) in [6, 6.07) is 0. The number of carbonyl (C=O) groups is 3. The predicted octanol–water partition coefficient (Wildman–Crippen LogP) is 22.8. The van der Waals surface area contributed by atoms with Crippen molar-refractivity contribution in [3.63, 3.8) is 0 Å². The summed E-state index contributed by atoms with van der Waals surface area (Å²) in [7, 11) is 0. The predicted molar refractivity (Wildman–Crippen MR) is 326 cm³/mol. The highest BCUT2D eigenvalue weighted by molar-refractivity contribution is 5.71. The summed E-state index contributed by atoms with van der Waals surface area (Å²) in [4.78, 5) is 38.0. The maximum atomic E-state index is 12.8. The van der Waals surface area contributed by atoms with Gasteiger partial charge in [-0.2, -0.15) is 0 Å². The zero-order valence-corrected chi connectivity index (χ0v) is 50.6. The van der Waals surface area contributed by atoms with E-state index in [1.807, 2.05) is 0 Å². The fourth-order valence-corrected chi connectivity index (χ4v) is 10.2. The monoisotopic (exact) mass is 1050 g/mol. The van der Waals surface area contributed by atoms with E-state index in [0.29, 0.717) is 19.3 Å². The van der Waals surface area contributed by atoms with Crippen LogP contribution in [0.3, 0.4) is 0 Å². The Labute approximate surface area is 467 Å². The average Bonchev–Trinajstić information content (AvgIpc) is 3.41. The Morgan fingerprint density at radius 2 is 0.520 bits per heavy atom. The molecule has 0 aromatic carbocycles. The van der Waals surface area contributed by atoms with E-state index in [-0.39, 0.29) is 31.1 Å². The van der Waals surface area contributed by atoms with Gasteiger partial charge in [-0.15, -0.1) is 0 Å². The van der Waals surface area contributed by atoms with Crippen LogP contribution in [0.4, 0.5) is 0 Å². The molecule has 0 fully saturated rings. The molecule has 0 aliphatic rings. The lowest BCUT2D eigenvalue weighted by atomic mass is 10.0. The first-order chi connectivity index (χ1) is 37.0. The van der Waals surface area contributed by atoms with Crippen molar-refractivity contribution in [3.8, 4) is 0 Å². The second-order valence-electron chi connectivity index (χ2n) is 22.7. The smallest absolute Gasteiger partial charge is 0.306 e. The molecule has 0 aliphatic heterocycles. The van der Waals surface area contributed by atoms with Gasteiger partial charge in [0.25, 0.3) is 0 Å². The number of unbranched alkanes of at least 4 members (excludes halogenated alkanes) is 45. The van der Waals surface area contributed by atoms with E-state index in [4.69, 9.17) is 14.2 Å². The Balaban J connectivity index is 3.89. The second-order valence-corrected chi connectivity index (χ2v) is 22.7. The third kappa shape index (κ3) is 62.4. The number of carbonyl (C=O) groups excluding carboxylic acids is 3. The zero-order valence-electron chi connectivity index (χ0n) is 50.6. The molecule has 0 radical (unpaired) electrons. The molecule has 0 N–H and O–H groups in total. The Hall–Kier alpha value is -2.37. The number of hydrogen-bond acceptors (Lipinski definition) is 6. The maximum absolute atomic E-state index is 12.8. The summed E-state index contributed by atoms with van der Waals surface area (Å²) < 4.78 is 16.8. The first-order valence-corrected chi connectivity index (χ1v) is 33.5. The lowest BCUT2D eigenvalue weighted by Gasteiger charge is -2.18. The fourth-order valence-electron chi connectivity index (χ4n) is 10.2. The van der Waals surface area contributed by atoms with E-state index < -0.39 is 6.10 Å². The second kappa shape index (κ2) is 64.2. The molecule has 0 aromatic rings. The molecular weight excluding hydrogens is 925 g/mol. The molecule has 6 nitrogen and oxygen atoms in total. The zero-order chi connectivity index (χ0) is 54.3. The third-order valence-electron chi connectivity index (χ3n) is 15.2. The molecule has 0 aromatic heterocycles. The molecule has 1 unspecified atom stereocenters. The van der Waals surface area contributed by atoms with Crippen molar-refractivity contribution in [3.05, 3.63) is 36.5 Å². The molecule has 0 heterocycles. The van der Waals surface area contributed by atoms with E-state index >= 15 is 0 Å².